The van der Waals surface area contributed by atoms with Crippen molar-refractivity contribution in [2.75, 3.05) is 0 Å². The van der Waals surface area contributed by atoms with Crippen LogP contribution in [0.15, 0.2) is 0 Å². The van der Waals surface area contributed by atoms with Crippen molar-refractivity contribution in [3.63, 3.8) is 0 Å². The number of rotatable bonds is 4. The van der Waals surface area contributed by atoms with E-state index < -0.39 is 11.6 Å². The third kappa shape index (κ3) is 3.18. The Bertz CT molecular complexity index is 450. The lowest BCUT2D eigenvalue weighted by molar-refractivity contribution is 0.0674. The fraction of sp³-hybridized carbons (Fsp3) is 0.615. The molecule has 1 rings (SSSR count). The van der Waals surface area contributed by atoms with Gasteiger partial charge in [-0.05, 0) is 39.2 Å². The minimum atomic E-state index is -1.02. The van der Waals surface area contributed by atoms with Crippen molar-refractivity contribution in [2.45, 2.75) is 53.1 Å². The second-order valence-electron chi connectivity index (χ2n) is 5.03. The molecule has 5 heteroatoms. The number of carboxylic acid groups (broad SMARTS) is 1. The van der Waals surface area contributed by atoms with E-state index in [1.807, 2.05) is 34.6 Å². The molecule has 0 saturated carbocycles. The molecule has 0 aromatic carbocycles. The molecule has 0 fully saturated rings. The fourth-order valence-corrected chi connectivity index (χ4v) is 1.74. The SMILES string of the molecule is CCc1nnc(OC(C)(C)C)c(C(=O)O)c1CC. The predicted molar refractivity (Wildman–Crippen MR) is 68.1 cm³/mol. The number of aryl methyl sites for hydroxylation is 1. The number of nitrogens with zero attached hydrogens (tertiary/aromatic N) is 2. The third-order valence-electron chi connectivity index (χ3n) is 2.43. The maximum atomic E-state index is 11.4. The summed E-state index contributed by atoms with van der Waals surface area (Å²) < 4.78 is 5.58. The lowest BCUT2D eigenvalue weighted by Gasteiger charge is -2.22. The van der Waals surface area contributed by atoms with Crippen LogP contribution in [0.2, 0.25) is 0 Å². The van der Waals surface area contributed by atoms with Crippen LogP contribution < -0.4 is 4.74 Å². The zero-order valence-electron chi connectivity index (χ0n) is 11.6. The first-order chi connectivity index (χ1) is 8.30. The molecule has 0 aliphatic rings. The third-order valence-corrected chi connectivity index (χ3v) is 2.43. The Labute approximate surface area is 107 Å². The number of ether oxygens (including phenoxy) is 1. The normalized spacial score (nSPS) is 11.4. The highest BCUT2D eigenvalue weighted by atomic mass is 16.5. The smallest absolute Gasteiger partial charge is 0.341 e. The van der Waals surface area contributed by atoms with E-state index in [0.29, 0.717) is 18.4 Å². The van der Waals surface area contributed by atoms with Gasteiger partial charge in [0.1, 0.15) is 11.2 Å². The molecular formula is C13H20N2O3. The first-order valence-electron chi connectivity index (χ1n) is 6.10. The van der Waals surface area contributed by atoms with E-state index in [1.54, 1.807) is 0 Å². The molecule has 1 heterocycles. The highest BCUT2D eigenvalue weighted by Gasteiger charge is 2.24. The summed E-state index contributed by atoms with van der Waals surface area (Å²) in [6.07, 6.45) is 1.26. The molecule has 0 radical (unpaired) electrons. The maximum absolute atomic E-state index is 11.4. The second-order valence-corrected chi connectivity index (χ2v) is 5.03. The molecule has 1 aromatic rings. The molecule has 0 saturated heterocycles. The molecular weight excluding hydrogens is 232 g/mol. The molecule has 5 nitrogen and oxygen atoms in total. The Morgan fingerprint density at radius 3 is 2.22 bits per heavy atom. The zero-order chi connectivity index (χ0) is 13.9. The summed E-state index contributed by atoms with van der Waals surface area (Å²) in [5, 5.41) is 17.3. The first kappa shape index (κ1) is 14.4. The molecule has 0 aliphatic carbocycles. The van der Waals surface area contributed by atoms with Crippen LogP contribution in [0.1, 0.15) is 56.2 Å². The standard InChI is InChI=1S/C13H20N2O3/c1-6-8-9(7-2)14-15-11(10(8)12(16)17)18-13(3,4)5/h6-7H2,1-5H3,(H,16,17). The predicted octanol–water partition coefficient (Wildman–Crippen LogP) is 2.48. The van der Waals surface area contributed by atoms with Crippen LogP contribution in [-0.4, -0.2) is 26.9 Å². The second kappa shape index (κ2) is 5.33. The summed E-state index contributed by atoms with van der Waals surface area (Å²) in [7, 11) is 0. The van der Waals surface area contributed by atoms with Crippen molar-refractivity contribution in [3.05, 3.63) is 16.8 Å². The number of hydrogen-bond acceptors (Lipinski definition) is 4. The largest absolute Gasteiger partial charge is 0.477 e. The molecule has 0 aliphatic heterocycles. The molecule has 0 spiro atoms. The molecule has 0 bridgehead atoms. The molecule has 1 N–H and O–H groups in total. The summed E-state index contributed by atoms with van der Waals surface area (Å²) in [4.78, 5) is 11.4. The quantitative estimate of drug-likeness (QED) is 0.891. The number of hydrogen-bond donors (Lipinski definition) is 1. The van der Waals surface area contributed by atoms with E-state index >= 15 is 0 Å². The van der Waals surface area contributed by atoms with E-state index in [-0.39, 0.29) is 11.4 Å². The van der Waals surface area contributed by atoms with Crippen LogP contribution in [0, 0.1) is 0 Å². The summed E-state index contributed by atoms with van der Waals surface area (Å²) in [5.74, 6) is -0.917. The van der Waals surface area contributed by atoms with E-state index in [1.165, 1.54) is 0 Å². The lowest BCUT2D eigenvalue weighted by Crippen LogP contribution is -2.26. The van der Waals surface area contributed by atoms with Gasteiger partial charge in [-0.25, -0.2) is 4.79 Å². The van der Waals surface area contributed by atoms with Crippen LogP contribution in [0.5, 0.6) is 5.88 Å². The Hall–Kier alpha value is -1.65. The van der Waals surface area contributed by atoms with E-state index in [2.05, 4.69) is 10.2 Å². The molecule has 0 amide bonds. The zero-order valence-corrected chi connectivity index (χ0v) is 11.6. The van der Waals surface area contributed by atoms with Gasteiger partial charge in [0, 0.05) is 0 Å². The van der Waals surface area contributed by atoms with Crippen molar-refractivity contribution < 1.29 is 14.6 Å². The highest BCUT2D eigenvalue weighted by Crippen LogP contribution is 2.25. The minimum absolute atomic E-state index is 0.101. The van der Waals surface area contributed by atoms with Gasteiger partial charge in [0.05, 0.1) is 5.69 Å². The van der Waals surface area contributed by atoms with Gasteiger partial charge in [0.25, 0.3) is 0 Å². The van der Waals surface area contributed by atoms with Crippen LogP contribution in [0.4, 0.5) is 0 Å². The first-order valence-corrected chi connectivity index (χ1v) is 6.10. The topological polar surface area (TPSA) is 72.3 Å². The Balaban J connectivity index is 3.39. The van der Waals surface area contributed by atoms with Gasteiger partial charge < -0.3 is 9.84 Å². The van der Waals surface area contributed by atoms with Gasteiger partial charge in [-0.2, -0.15) is 5.10 Å². The van der Waals surface area contributed by atoms with Crippen molar-refractivity contribution in [1.29, 1.82) is 0 Å². The van der Waals surface area contributed by atoms with Gasteiger partial charge in [-0.15, -0.1) is 5.10 Å². The number of carbonyl (C=O) groups is 1. The van der Waals surface area contributed by atoms with Crippen molar-refractivity contribution >= 4 is 5.97 Å². The Morgan fingerprint density at radius 2 is 1.83 bits per heavy atom. The van der Waals surface area contributed by atoms with Gasteiger partial charge in [-0.1, -0.05) is 13.8 Å². The van der Waals surface area contributed by atoms with E-state index in [9.17, 15) is 9.90 Å². The summed E-state index contributed by atoms with van der Waals surface area (Å²) in [5.41, 5.74) is 1.06. The summed E-state index contributed by atoms with van der Waals surface area (Å²) >= 11 is 0. The monoisotopic (exact) mass is 252 g/mol. The molecule has 18 heavy (non-hydrogen) atoms. The van der Waals surface area contributed by atoms with Gasteiger partial charge in [-0.3, -0.25) is 0 Å². The van der Waals surface area contributed by atoms with Crippen LogP contribution in [0.25, 0.3) is 0 Å². The average Bonchev–Trinajstić information content (AvgIpc) is 2.25. The van der Waals surface area contributed by atoms with Gasteiger partial charge in [0.15, 0.2) is 0 Å². The molecule has 100 valence electrons. The number of carboxylic acids is 1. The Morgan fingerprint density at radius 1 is 1.22 bits per heavy atom. The number of aromatic nitrogens is 2. The van der Waals surface area contributed by atoms with E-state index in [4.69, 9.17) is 4.74 Å². The van der Waals surface area contributed by atoms with Crippen LogP contribution in [-0.2, 0) is 12.8 Å². The van der Waals surface area contributed by atoms with Crippen molar-refractivity contribution in [2.24, 2.45) is 0 Å². The number of aromatic carboxylic acids is 1. The molecule has 0 atom stereocenters. The van der Waals surface area contributed by atoms with Crippen molar-refractivity contribution in [3.8, 4) is 5.88 Å². The van der Waals surface area contributed by atoms with Gasteiger partial charge >= 0.3 is 5.97 Å². The van der Waals surface area contributed by atoms with Crippen LogP contribution >= 0.6 is 0 Å². The summed E-state index contributed by atoms with van der Waals surface area (Å²) in [6, 6.07) is 0. The molecule has 1 aromatic heterocycles. The lowest BCUT2D eigenvalue weighted by atomic mass is 10.0. The Kier molecular flexibility index (Phi) is 4.27. The highest BCUT2D eigenvalue weighted by molar-refractivity contribution is 5.92. The fourth-order valence-electron chi connectivity index (χ4n) is 1.74. The van der Waals surface area contributed by atoms with Crippen LogP contribution in [0.3, 0.4) is 0 Å². The van der Waals surface area contributed by atoms with E-state index in [0.717, 1.165) is 5.69 Å². The maximum Gasteiger partial charge on any atom is 0.341 e. The van der Waals surface area contributed by atoms with Gasteiger partial charge in [0.2, 0.25) is 5.88 Å². The average molecular weight is 252 g/mol. The summed E-state index contributed by atoms with van der Waals surface area (Å²) in [6.45, 7) is 9.38. The van der Waals surface area contributed by atoms with Crippen molar-refractivity contribution in [1.82, 2.24) is 10.2 Å². The molecule has 0 unspecified atom stereocenters. The minimum Gasteiger partial charge on any atom is -0.477 e.